The second-order valence-corrected chi connectivity index (χ2v) is 7.70. The van der Waals surface area contributed by atoms with Crippen molar-refractivity contribution in [2.24, 2.45) is 0 Å². The Hall–Kier alpha value is -3.53. The highest BCUT2D eigenvalue weighted by molar-refractivity contribution is 5.97. The van der Waals surface area contributed by atoms with Crippen LogP contribution in [0.15, 0.2) is 79.4 Å². The van der Waals surface area contributed by atoms with Crippen LogP contribution < -0.4 is 5.32 Å². The van der Waals surface area contributed by atoms with Crippen molar-refractivity contribution in [3.8, 4) is 0 Å². The Balaban J connectivity index is 1.71. The highest BCUT2D eigenvalue weighted by Crippen LogP contribution is 2.23. The molecule has 0 aliphatic rings. The minimum Gasteiger partial charge on any atom is -0.378 e. The maximum absolute atomic E-state index is 13.8. The smallest absolute Gasteiger partial charge is 0.169 e. The van der Waals surface area contributed by atoms with Gasteiger partial charge in [0, 0.05) is 12.1 Å². The van der Waals surface area contributed by atoms with Gasteiger partial charge in [0.1, 0.15) is 0 Å². The van der Waals surface area contributed by atoms with E-state index in [2.05, 4.69) is 31.0 Å². The molecule has 0 bridgehead atoms. The zero-order valence-electron chi connectivity index (χ0n) is 18.4. The van der Waals surface area contributed by atoms with Crippen molar-refractivity contribution in [1.82, 2.24) is 5.32 Å². The van der Waals surface area contributed by atoms with Gasteiger partial charge < -0.3 is 5.32 Å². The average Bonchev–Trinajstić information content (AvgIpc) is 2.80. The zero-order valence-corrected chi connectivity index (χ0v) is 18.4. The maximum atomic E-state index is 13.8. The summed E-state index contributed by atoms with van der Waals surface area (Å²) < 4.78 is 27.2. The third kappa shape index (κ3) is 5.58. The van der Waals surface area contributed by atoms with Crippen molar-refractivity contribution >= 4 is 17.6 Å². The van der Waals surface area contributed by atoms with Crippen molar-refractivity contribution in [2.75, 3.05) is 0 Å². The third-order valence-electron chi connectivity index (χ3n) is 5.44. The van der Waals surface area contributed by atoms with Crippen LogP contribution in [-0.4, -0.2) is 5.78 Å². The van der Waals surface area contributed by atoms with Gasteiger partial charge in [0.2, 0.25) is 0 Å². The van der Waals surface area contributed by atoms with Crippen LogP contribution in [0.2, 0.25) is 0 Å². The van der Waals surface area contributed by atoms with E-state index < -0.39 is 17.4 Å². The van der Waals surface area contributed by atoms with Crippen LogP contribution >= 0.6 is 0 Å². The molecular formula is C28H27F2NO. The molecule has 0 radical (unpaired) electrons. The summed E-state index contributed by atoms with van der Waals surface area (Å²) in [5.74, 6) is -2.59. The SMILES string of the molecule is C=C(NC(CC)c1ccccc1)c1ccc(C)c(/C=C\CC(=O)c2cccc(F)c2F)c1. The minimum atomic E-state index is -1.10. The van der Waals surface area contributed by atoms with E-state index in [0.717, 1.165) is 34.9 Å². The van der Waals surface area contributed by atoms with E-state index in [9.17, 15) is 13.6 Å². The van der Waals surface area contributed by atoms with Gasteiger partial charge in [-0.3, -0.25) is 4.79 Å². The first-order valence-electron chi connectivity index (χ1n) is 10.7. The molecular weight excluding hydrogens is 404 g/mol. The summed E-state index contributed by atoms with van der Waals surface area (Å²) >= 11 is 0. The monoisotopic (exact) mass is 431 g/mol. The fourth-order valence-corrected chi connectivity index (χ4v) is 3.53. The lowest BCUT2D eigenvalue weighted by molar-refractivity contribution is 0.0991. The predicted octanol–water partition coefficient (Wildman–Crippen LogP) is 7.27. The number of rotatable bonds is 9. The summed E-state index contributed by atoms with van der Waals surface area (Å²) in [6.07, 6.45) is 4.40. The molecule has 0 heterocycles. The summed E-state index contributed by atoms with van der Waals surface area (Å²) in [6.45, 7) is 8.31. The summed E-state index contributed by atoms with van der Waals surface area (Å²) in [5.41, 5.74) is 4.71. The molecule has 2 nitrogen and oxygen atoms in total. The number of ketones is 1. The fraction of sp³-hybridized carbons (Fsp3) is 0.179. The van der Waals surface area contributed by atoms with Gasteiger partial charge in [-0.1, -0.05) is 74.2 Å². The van der Waals surface area contributed by atoms with Gasteiger partial charge in [0.25, 0.3) is 0 Å². The number of benzene rings is 3. The van der Waals surface area contributed by atoms with Gasteiger partial charge in [0.15, 0.2) is 17.4 Å². The normalized spacial score (nSPS) is 12.0. The van der Waals surface area contributed by atoms with E-state index in [4.69, 9.17) is 0 Å². The molecule has 1 N–H and O–H groups in total. The lowest BCUT2D eigenvalue weighted by Crippen LogP contribution is -2.18. The lowest BCUT2D eigenvalue weighted by Gasteiger charge is -2.21. The molecule has 0 aliphatic carbocycles. The predicted molar refractivity (Wildman–Crippen MR) is 127 cm³/mol. The standard InChI is InChI=1S/C28H27F2NO/c1-4-26(21-10-6-5-7-11-21)31-20(3)23-17-16-19(2)22(18-23)12-8-15-27(32)24-13-9-14-25(29)28(24)30/h5-14,16-18,26,31H,3-4,15H2,1-2H3/b12-8-. The summed E-state index contributed by atoms with van der Waals surface area (Å²) in [4.78, 5) is 12.3. The average molecular weight is 432 g/mol. The Labute approximate surface area is 188 Å². The van der Waals surface area contributed by atoms with E-state index >= 15 is 0 Å². The third-order valence-corrected chi connectivity index (χ3v) is 5.44. The molecule has 0 spiro atoms. The van der Waals surface area contributed by atoms with Crippen molar-refractivity contribution in [1.29, 1.82) is 0 Å². The van der Waals surface area contributed by atoms with Crippen LogP contribution in [0.1, 0.15) is 58.4 Å². The van der Waals surface area contributed by atoms with Crippen LogP contribution in [-0.2, 0) is 0 Å². The number of Topliss-reactive ketones (excluding diaryl/α,β-unsaturated/α-hetero) is 1. The van der Waals surface area contributed by atoms with Gasteiger partial charge in [-0.15, -0.1) is 0 Å². The summed E-state index contributed by atoms with van der Waals surface area (Å²) in [6, 6.07) is 20.0. The summed E-state index contributed by atoms with van der Waals surface area (Å²) in [5, 5.41) is 3.50. The van der Waals surface area contributed by atoms with Gasteiger partial charge in [0.05, 0.1) is 11.6 Å². The topological polar surface area (TPSA) is 29.1 Å². The molecule has 3 aromatic rings. The van der Waals surface area contributed by atoms with Crippen LogP contribution in [0, 0.1) is 18.6 Å². The first kappa shape index (κ1) is 23.1. The second kappa shape index (κ2) is 10.7. The Morgan fingerprint density at radius 2 is 1.81 bits per heavy atom. The van der Waals surface area contributed by atoms with E-state index in [1.165, 1.54) is 17.7 Å². The van der Waals surface area contributed by atoms with Crippen LogP contribution in [0.5, 0.6) is 0 Å². The number of carbonyl (C=O) groups is 1. The van der Waals surface area contributed by atoms with Crippen LogP contribution in [0.25, 0.3) is 11.8 Å². The Morgan fingerprint density at radius 1 is 1.06 bits per heavy atom. The number of hydrogen-bond donors (Lipinski definition) is 1. The highest BCUT2D eigenvalue weighted by atomic mass is 19.2. The first-order chi connectivity index (χ1) is 15.4. The van der Waals surface area contributed by atoms with Gasteiger partial charge in [-0.25, -0.2) is 8.78 Å². The number of halogens is 2. The molecule has 0 saturated heterocycles. The van der Waals surface area contributed by atoms with Gasteiger partial charge >= 0.3 is 0 Å². The summed E-state index contributed by atoms with van der Waals surface area (Å²) in [7, 11) is 0. The number of nitrogens with one attached hydrogen (secondary N) is 1. The molecule has 0 saturated carbocycles. The molecule has 3 aromatic carbocycles. The quantitative estimate of drug-likeness (QED) is 0.361. The van der Waals surface area contributed by atoms with Crippen molar-refractivity contribution < 1.29 is 13.6 Å². The molecule has 164 valence electrons. The number of allylic oxidation sites excluding steroid dienone is 1. The second-order valence-electron chi connectivity index (χ2n) is 7.70. The van der Waals surface area contributed by atoms with E-state index in [0.29, 0.717) is 0 Å². The highest BCUT2D eigenvalue weighted by Gasteiger charge is 2.14. The number of carbonyl (C=O) groups excluding carboxylic acids is 1. The molecule has 4 heteroatoms. The van der Waals surface area contributed by atoms with E-state index in [-0.39, 0.29) is 18.0 Å². The molecule has 0 aliphatic heterocycles. The van der Waals surface area contributed by atoms with E-state index in [1.807, 2.05) is 49.4 Å². The van der Waals surface area contributed by atoms with E-state index in [1.54, 1.807) is 6.08 Å². The minimum absolute atomic E-state index is 0.0187. The van der Waals surface area contributed by atoms with Crippen LogP contribution in [0.3, 0.4) is 0 Å². The van der Waals surface area contributed by atoms with Gasteiger partial charge in [-0.2, -0.15) is 0 Å². The largest absolute Gasteiger partial charge is 0.378 e. The molecule has 1 atom stereocenters. The van der Waals surface area contributed by atoms with Crippen LogP contribution in [0.4, 0.5) is 8.78 Å². The Morgan fingerprint density at radius 3 is 2.53 bits per heavy atom. The molecule has 0 fully saturated rings. The molecule has 3 rings (SSSR count). The van der Waals surface area contributed by atoms with Crippen molar-refractivity contribution in [3.05, 3.63) is 119 Å². The van der Waals surface area contributed by atoms with Gasteiger partial charge in [-0.05, 0) is 53.8 Å². The fourth-order valence-electron chi connectivity index (χ4n) is 3.53. The van der Waals surface area contributed by atoms with Crippen molar-refractivity contribution in [3.63, 3.8) is 0 Å². The number of hydrogen-bond acceptors (Lipinski definition) is 2. The zero-order chi connectivity index (χ0) is 23.1. The lowest BCUT2D eigenvalue weighted by atomic mass is 10.00. The van der Waals surface area contributed by atoms with Crippen molar-refractivity contribution in [2.45, 2.75) is 32.7 Å². The maximum Gasteiger partial charge on any atom is 0.169 e. The number of aryl methyl sites for hydroxylation is 1. The molecule has 1 unspecified atom stereocenters. The molecule has 32 heavy (non-hydrogen) atoms. The molecule has 0 aromatic heterocycles. The molecule has 0 amide bonds. The first-order valence-corrected chi connectivity index (χ1v) is 10.7. The Kier molecular flexibility index (Phi) is 7.72. The Bertz CT molecular complexity index is 1140.